The Morgan fingerprint density at radius 3 is 2.56 bits per heavy atom. The lowest BCUT2D eigenvalue weighted by Crippen LogP contribution is -2.59. The second kappa shape index (κ2) is 13.2. The number of hydrogen-bond acceptors (Lipinski definition) is 10. The molecule has 1 aliphatic carbocycles. The maximum atomic E-state index is 17.2. The van der Waals surface area contributed by atoms with Crippen molar-refractivity contribution in [1.82, 2.24) is 19.8 Å². The molecular weight excluding hydrogens is 667 g/mol. The average molecular weight is 719 g/mol. The number of aromatic nitrogens is 2. The highest BCUT2D eigenvalue weighted by atomic mass is 19.1. The topological polar surface area (TPSA) is 133 Å². The Balaban J connectivity index is 1.40. The van der Waals surface area contributed by atoms with Gasteiger partial charge >= 0.3 is 12.2 Å². The van der Waals surface area contributed by atoms with E-state index in [1.807, 2.05) is 46.9 Å². The normalized spacial score (nSPS) is 23.4. The first-order valence-electron chi connectivity index (χ1n) is 18.4. The lowest BCUT2D eigenvalue weighted by molar-refractivity contribution is 0.0216. The summed E-state index contributed by atoms with van der Waals surface area (Å²) >= 11 is 0. The molecule has 3 saturated heterocycles. The van der Waals surface area contributed by atoms with Gasteiger partial charge < -0.3 is 29.6 Å². The van der Waals surface area contributed by atoms with Crippen LogP contribution < -0.4 is 20.1 Å². The van der Waals surface area contributed by atoms with Crippen molar-refractivity contribution in [3.8, 4) is 22.9 Å². The number of para-hydroxylation sites is 1. The zero-order chi connectivity index (χ0) is 37.3. The van der Waals surface area contributed by atoms with E-state index >= 15 is 4.39 Å². The summed E-state index contributed by atoms with van der Waals surface area (Å²) in [5, 5.41) is 0.225. The highest BCUT2D eigenvalue weighted by molar-refractivity contribution is 6.07. The van der Waals surface area contributed by atoms with Gasteiger partial charge in [0.05, 0.1) is 24.4 Å². The van der Waals surface area contributed by atoms with Gasteiger partial charge in [0.15, 0.2) is 5.82 Å². The molecule has 0 radical (unpaired) electrons. The van der Waals surface area contributed by atoms with Gasteiger partial charge in [-0.3, -0.25) is 14.8 Å². The number of pyridine rings is 2. The van der Waals surface area contributed by atoms with Crippen LogP contribution in [0.25, 0.3) is 22.2 Å². The number of halogens is 1. The van der Waals surface area contributed by atoms with Gasteiger partial charge in [0.1, 0.15) is 40.0 Å². The van der Waals surface area contributed by atoms with Crippen LogP contribution >= 0.6 is 0 Å². The average Bonchev–Trinajstić information content (AvgIpc) is 3.79. The van der Waals surface area contributed by atoms with Crippen LogP contribution in [0.4, 0.5) is 25.4 Å². The number of fused-ring (bicyclic) bond motifs is 3. The second-order valence-electron chi connectivity index (χ2n) is 16.7. The lowest BCUT2D eigenvalue weighted by Gasteiger charge is -2.44. The molecule has 13 heteroatoms. The van der Waals surface area contributed by atoms with Crippen molar-refractivity contribution < 1.29 is 32.9 Å². The number of likely N-dealkylation sites (N-methyl/N-ethyl adjacent to an activating group) is 1. The number of nitrogen functional groups attached to an aromatic ring is 1. The van der Waals surface area contributed by atoms with Gasteiger partial charge in [0, 0.05) is 35.7 Å². The predicted molar refractivity (Wildman–Crippen MR) is 196 cm³/mol. The van der Waals surface area contributed by atoms with Crippen molar-refractivity contribution in [3.05, 3.63) is 35.8 Å². The minimum Gasteiger partial charge on any atom is -0.493 e. The third kappa shape index (κ3) is 6.56. The number of benzene rings is 1. The summed E-state index contributed by atoms with van der Waals surface area (Å²) in [6.07, 6.45) is 4.34. The third-order valence-electron chi connectivity index (χ3n) is 10.6. The summed E-state index contributed by atoms with van der Waals surface area (Å²) in [7, 11) is 2.05. The van der Waals surface area contributed by atoms with E-state index in [1.165, 1.54) is 11.1 Å². The molecule has 0 spiro atoms. The third-order valence-corrected chi connectivity index (χ3v) is 10.6. The van der Waals surface area contributed by atoms with Crippen LogP contribution in [0.2, 0.25) is 0 Å². The van der Waals surface area contributed by atoms with Crippen LogP contribution in [-0.4, -0.2) is 94.1 Å². The number of carbonyl (C=O) groups excluding carboxylic acids is 2. The molecule has 1 aromatic carbocycles. The molecule has 2 bridgehead atoms. The zero-order valence-corrected chi connectivity index (χ0v) is 31.5. The predicted octanol–water partition coefficient (Wildman–Crippen LogP) is 6.95. The molecule has 2 N–H and O–H groups in total. The van der Waals surface area contributed by atoms with E-state index in [9.17, 15) is 9.59 Å². The fraction of sp³-hybridized carbons (Fsp3) is 0.590. The lowest BCUT2D eigenvalue weighted by atomic mass is 9.78. The van der Waals surface area contributed by atoms with E-state index in [-0.39, 0.29) is 58.0 Å². The molecule has 52 heavy (non-hydrogen) atoms. The molecule has 12 nitrogen and oxygen atoms in total. The molecule has 2 amide bonds. The minimum absolute atomic E-state index is 0.0157. The molecule has 3 aromatic rings. The van der Waals surface area contributed by atoms with E-state index in [2.05, 4.69) is 9.88 Å². The van der Waals surface area contributed by atoms with E-state index in [1.54, 1.807) is 31.7 Å². The maximum Gasteiger partial charge on any atom is 0.415 e. The molecular formula is C39H51FN6O6. The Kier molecular flexibility index (Phi) is 9.16. The smallest absolute Gasteiger partial charge is 0.415 e. The van der Waals surface area contributed by atoms with Crippen LogP contribution in [0.3, 0.4) is 0 Å². The molecule has 4 fully saturated rings. The fourth-order valence-corrected chi connectivity index (χ4v) is 8.24. The Hall–Kier alpha value is -4.39. The number of ether oxygens (including phenoxy) is 4. The Morgan fingerprint density at radius 1 is 1.12 bits per heavy atom. The summed E-state index contributed by atoms with van der Waals surface area (Å²) < 4.78 is 41.5. The first kappa shape index (κ1) is 36.0. The number of carbonyl (C=O) groups is 2. The van der Waals surface area contributed by atoms with Crippen molar-refractivity contribution in [3.63, 3.8) is 0 Å². The highest BCUT2D eigenvalue weighted by Crippen LogP contribution is 2.51. The molecule has 280 valence electrons. The van der Waals surface area contributed by atoms with Crippen LogP contribution in [0, 0.1) is 11.7 Å². The van der Waals surface area contributed by atoms with Gasteiger partial charge in [-0.15, -0.1) is 0 Å². The van der Waals surface area contributed by atoms with Gasteiger partial charge in [-0.1, -0.05) is 12.1 Å². The van der Waals surface area contributed by atoms with Crippen molar-refractivity contribution in [1.29, 1.82) is 0 Å². The van der Waals surface area contributed by atoms with Crippen LogP contribution in [-0.2, 0) is 15.9 Å². The van der Waals surface area contributed by atoms with Crippen molar-refractivity contribution in [2.75, 3.05) is 37.4 Å². The van der Waals surface area contributed by atoms with Gasteiger partial charge in [-0.2, -0.15) is 0 Å². The zero-order valence-electron chi connectivity index (χ0n) is 31.5. The van der Waals surface area contributed by atoms with Gasteiger partial charge in [0.2, 0.25) is 5.88 Å². The number of nitrogens with two attached hydrogens (primary N) is 1. The molecule has 5 atom stereocenters. The van der Waals surface area contributed by atoms with E-state index in [0.717, 1.165) is 37.8 Å². The van der Waals surface area contributed by atoms with Crippen LogP contribution in [0.5, 0.6) is 11.6 Å². The van der Waals surface area contributed by atoms with E-state index < -0.39 is 35.2 Å². The van der Waals surface area contributed by atoms with Crippen LogP contribution in [0.15, 0.2) is 24.4 Å². The quantitative estimate of drug-likeness (QED) is 0.286. The van der Waals surface area contributed by atoms with Gasteiger partial charge in [0.25, 0.3) is 0 Å². The summed E-state index contributed by atoms with van der Waals surface area (Å²) in [5.74, 6) is -0.170. The highest BCUT2D eigenvalue weighted by Gasteiger charge is 2.59. The van der Waals surface area contributed by atoms with Crippen molar-refractivity contribution in [2.45, 2.75) is 116 Å². The first-order valence-corrected chi connectivity index (χ1v) is 18.4. The second-order valence-corrected chi connectivity index (χ2v) is 16.7. The fourth-order valence-electron chi connectivity index (χ4n) is 8.24. The Morgan fingerprint density at radius 2 is 1.87 bits per heavy atom. The number of likely N-dealkylation sites (tertiary alicyclic amines) is 1. The van der Waals surface area contributed by atoms with E-state index in [4.69, 9.17) is 29.7 Å². The standard InChI is InChI=1S/C39H51FN6O6/c1-21(26-15-10-16-44(26)8)50-35-29(41)33(25-19-42-30(28(40)31(25)43-35)24-14-9-12-22-13-11-17-49-34(22)24)46(37(48)52-39(5,6)7)32-23-18-27(32)45(20-23)36(47)51-38(2,3)4/h9,12,14,19,21,23,26-27,32H,10-11,13,15-18,20,41H2,1-8H3/t21-,23+,26-,27+,32-/m0/s1. The molecule has 6 heterocycles. The molecule has 2 aromatic heterocycles. The number of rotatable bonds is 6. The molecule has 4 aliphatic heterocycles. The van der Waals surface area contributed by atoms with E-state index in [0.29, 0.717) is 30.9 Å². The van der Waals surface area contributed by atoms with Crippen molar-refractivity contribution >= 4 is 34.5 Å². The first-order chi connectivity index (χ1) is 24.5. The summed E-state index contributed by atoms with van der Waals surface area (Å²) in [6, 6.07) is 4.83. The molecule has 1 saturated carbocycles. The minimum atomic E-state index is -0.870. The number of nitrogens with zero attached hydrogens (tertiary/aromatic N) is 5. The largest absolute Gasteiger partial charge is 0.493 e. The molecule has 8 rings (SSSR count). The molecule has 0 unspecified atom stereocenters. The summed E-state index contributed by atoms with van der Waals surface area (Å²) in [4.78, 5) is 42.6. The van der Waals surface area contributed by atoms with Gasteiger partial charge in [-0.25, -0.2) is 19.0 Å². The summed E-state index contributed by atoms with van der Waals surface area (Å²) in [5.41, 5.74) is 7.23. The number of anilines is 2. The molecule has 5 aliphatic rings. The van der Waals surface area contributed by atoms with Crippen LogP contribution in [0.1, 0.15) is 79.7 Å². The summed E-state index contributed by atoms with van der Waals surface area (Å²) in [6.45, 7) is 14.6. The van der Waals surface area contributed by atoms with Crippen molar-refractivity contribution in [2.24, 2.45) is 5.92 Å². The monoisotopic (exact) mass is 718 g/mol. The van der Waals surface area contributed by atoms with Gasteiger partial charge in [-0.05, 0) is 106 Å². The number of amides is 2. The number of aryl methyl sites for hydroxylation is 1. The Bertz CT molecular complexity index is 1890. The SMILES string of the molecule is C[C@H](Oc1nc2c(F)c(-c3cccc4c3OCCC4)ncc2c(N(C(=O)OC(C)(C)C)[C@H]2[C@@H]3C[C@H]2N(C(=O)OC(C)(C)C)C3)c1N)[C@@H]1CCCN1C. The Labute approximate surface area is 304 Å². The number of hydrogen-bond donors (Lipinski definition) is 1. The maximum absolute atomic E-state index is 17.2.